The number of pyridine rings is 1. The average Bonchev–Trinajstić information content (AvgIpc) is 2.48. The van der Waals surface area contributed by atoms with E-state index in [1.165, 1.54) is 0 Å². The van der Waals surface area contributed by atoms with Gasteiger partial charge in [0, 0.05) is 12.4 Å². The van der Waals surface area contributed by atoms with Gasteiger partial charge in [-0.25, -0.2) is 0 Å². The molecule has 0 N–H and O–H groups in total. The fourth-order valence-electron chi connectivity index (χ4n) is 1.33. The highest BCUT2D eigenvalue weighted by molar-refractivity contribution is 6.58. The first-order valence-electron chi connectivity index (χ1n) is 4.41. The van der Waals surface area contributed by atoms with Crippen LogP contribution in [-0.4, -0.2) is 21.7 Å². The van der Waals surface area contributed by atoms with Gasteiger partial charge in [0.25, 0.3) is 11.8 Å². The van der Waals surface area contributed by atoms with Crippen LogP contribution in [0.25, 0.3) is 0 Å². The fraction of sp³-hybridized carbons (Fsp3) is 0.100. The second-order valence-electron chi connectivity index (χ2n) is 3.19. The van der Waals surface area contributed by atoms with Gasteiger partial charge in [0.05, 0.1) is 6.54 Å². The Balaban J connectivity index is 2.21. The molecular formula is C10H6Cl2N2O2. The summed E-state index contributed by atoms with van der Waals surface area (Å²) in [5.41, 5.74) is 0.736. The first-order chi connectivity index (χ1) is 7.61. The minimum atomic E-state index is -0.569. The minimum absolute atomic E-state index is 0.123. The van der Waals surface area contributed by atoms with Crippen molar-refractivity contribution in [3.05, 3.63) is 40.2 Å². The summed E-state index contributed by atoms with van der Waals surface area (Å²) in [4.78, 5) is 28.0. The summed E-state index contributed by atoms with van der Waals surface area (Å²) in [6, 6.07) is 3.48. The second kappa shape index (κ2) is 4.23. The SMILES string of the molecule is O=C1C(Cl)=C(Cl)C(=O)N1Cc1cccnc1. The highest BCUT2D eigenvalue weighted by atomic mass is 35.5. The topological polar surface area (TPSA) is 50.3 Å². The Kier molecular flexibility index (Phi) is 2.94. The van der Waals surface area contributed by atoms with E-state index in [-0.39, 0.29) is 16.6 Å². The maximum atomic E-state index is 11.5. The predicted molar refractivity (Wildman–Crippen MR) is 58.5 cm³/mol. The molecule has 1 aromatic rings. The Labute approximate surface area is 101 Å². The molecule has 1 aliphatic heterocycles. The van der Waals surface area contributed by atoms with Crippen molar-refractivity contribution in [3.63, 3.8) is 0 Å². The number of hydrogen-bond donors (Lipinski definition) is 0. The molecule has 2 amide bonds. The van der Waals surface area contributed by atoms with Crippen LogP contribution < -0.4 is 0 Å². The van der Waals surface area contributed by atoms with E-state index in [0.717, 1.165) is 10.5 Å². The molecule has 4 nitrogen and oxygen atoms in total. The van der Waals surface area contributed by atoms with Crippen molar-refractivity contribution in [1.29, 1.82) is 0 Å². The van der Waals surface area contributed by atoms with E-state index >= 15 is 0 Å². The number of aromatic nitrogens is 1. The molecule has 0 radical (unpaired) electrons. The first-order valence-corrected chi connectivity index (χ1v) is 5.17. The van der Waals surface area contributed by atoms with Gasteiger partial charge in [-0.2, -0.15) is 0 Å². The van der Waals surface area contributed by atoms with Crippen molar-refractivity contribution >= 4 is 35.0 Å². The molecule has 1 aromatic heterocycles. The Bertz CT molecular complexity index is 461. The summed E-state index contributed by atoms with van der Waals surface area (Å²) in [6.45, 7) is 0.123. The van der Waals surface area contributed by atoms with Crippen molar-refractivity contribution < 1.29 is 9.59 Å². The van der Waals surface area contributed by atoms with Gasteiger partial charge >= 0.3 is 0 Å². The number of rotatable bonds is 2. The van der Waals surface area contributed by atoms with Gasteiger partial charge in [0.1, 0.15) is 10.1 Å². The van der Waals surface area contributed by atoms with Crippen LogP contribution in [0.1, 0.15) is 5.56 Å². The first kappa shape index (κ1) is 11.1. The summed E-state index contributed by atoms with van der Waals surface area (Å²) in [6.07, 6.45) is 3.18. The second-order valence-corrected chi connectivity index (χ2v) is 3.94. The van der Waals surface area contributed by atoms with E-state index in [1.54, 1.807) is 24.5 Å². The molecule has 0 fully saturated rings. The zero-order valence-electron chi connectivity index (χ0n) is 7.98. The number of nitrogens with zero attached hydrogens (tertiary/aromatic N) is 2. The lowest BCUT2D eigenvalue weighted by Crippen LogP contribution is -2.30. The minimum Gasteiger partial charge on any atom is -0.268 e. The molecule has 0 unspecified atom stereocenters. The largest absolute Gasteiger partial charge is 0.274 e. The number of halogens is 2. The van der Waals surface area contributed by atoms with Crippen LogP contribution in [0.5, 0.6) is 0 Å². The van der Waals surface area contributed by atoms with E-state index in [1.807, 2.05) is 0 Å². The van der Waals surface area contributed by atoms with Gasteiger partial charge < -0.3 is 0 Å². The highest BCUT2D eigenvalue weighted by Gasteiger charge is 2.36. The molecule has 2 heterocycles. The molecule has 82 valence electrons. The summed E-state index contributed by atoms with van der Waals surface area (Å²) in [5.74, 6) is -1.14. The third-order valence-corrected chi connectivity index (χ3v) is 2.92. The van der Waals surface area contributed by atoms with Crippen molar-refractivity contribution in [2.24, 2.45) is 0 Å². The maximum absolute atomic E-state index is 11.5. The van der Waals surface area contributed by atoms with Crippen molar-refractivity contribution in [1.82, 2.24) is 9.88 Å². The van der Waals surface area contributed by atoms with Crippen LogP contribution >= 0.6 is 23.2 Å². The monoisotopic (exact) mass is 256 g/mol. The molecule has 0 aromatic carbocycles. The quantitative estimate of drug-likeness (QED) is 0.757. The molecule has 0 saturated carbocycles. The standard InChI is InChI=1S/C10H6Cl2N2O2/c11-7-8(12)10(16)14(9(7)15)5-6-2-1-3-13-4-6/h1-4H,5H2. The van der Waals surface area contributed by atoms with E-state index in [9.17, 15) is 9.59 Å². The fourth-order valence-corrected chi connectivity index (χ4v) is 1.70. The van der Waals surface area contributed by atoms with Gasteiger partial charge in [-0.3, -0.25) is 19.5 Å². The Morgan fingerprint density at radius 2 is 1.81 bits per heavy atom. The third-order valence-electron chi connectivity index (χ3n) is 2.12. The van der Waals surface area contributed by atoms with Crippen LogP contribution in [0.2, 0.25) is 0 Å². The zero-order chi connectivity index (χ0) is 11.7. The van der Waals surface area contributed by atoms with Gasteiger partial charge in [-0.05, 0) is 11.6 Å². The molecule has 6 heteroatoms. The average molecular weight is 257 g/mol. The van der Waals surface area contributed by atoms with Crippen LogP contribution in [0.3, 0.4) is 0 Å². The Morgan fingerprint density at radius 1 is 1.19 bits per heavy atom. The van der Waals surface area contributed by atoms with Crippen LogP contribution in [0, 0.1) is 0 Å². The molecule has 0 aliphatic carbocycles. The molecule has 0 bridgehead atoms. The van der Waals surface area contributed by atoms with E-state index in [0.29, 0.717) is 0 Å². The molecule has 2 rings (SSSR count). The normalized spacial score (nSPS) is 16.2. The number of hydrogen-bond acceptors (Lipinski definition) is 3. The van der Waals surface area contributed by atoms with Gasteiger partial charge in [-0.15, -0.1) is 0 Å². The van der Waals surface area contributed by atoms with Crippen LogP contribution in [0.15, 0.2) is 34.6 Å². The molecule has 0 saturated heterocycles. The molecule has 1 aliphatic rings. The molecule has 0 atom stereocenters. The van der Waals surface area contributed by atoms with Crippen LogP contribution in [-0.2, 0) is 16.1 Å². The van der Waals surface area contributed by atoms with Gasteiger partial charge in [-0.1, -0.05) is 29.3 Å². The zero-order valence-corrected chi connectivity index (χ0v) is 9.50. The van der Waals surface area contributed by atoms with Crippen molar-refractivity contribution in [3.8, 4) is 0 Å². The van der Waals surface area contributed by atoms with Gasteiger partial charge in [0.2, 0.25) is 0 Å². The molecular weight excluding hydrogens is 251 g/mol. The predicted octanol–water partition coefficient (Wildman–Crippen LogP) is 1.64. The highest BCUT2D eigenvalue weighted by Crippen LogP contribution is 2.27. The number of carbonyl (C=O) groups excluding carboxylic acids is 2. The van der Waals surface area contributed by atoms with E-state index in [4.69, 9.17) is 23.2 Å². The van der Waals surface area contributed by atoms with Crippen molar-refractivity contribution in [2.45, 2.75) is 6.54 Å². The number of amides is 2. The lowest BCUT2D eigenvalue weighted by atomic mass is 10.3. The van der Waals surface area contributed by atoms with E-state index in [2.05, 4.69) is 4.98 Å². The van der Waals surface area contributed by atoms with Crippen molar-refractivity contribution in [2.75, 3.05) is 0 Å². The Morgan fingerprint density at radius 3 is 2.31 bits per heavy atom. The third kappa shape index (κ3) is 1.81. The number of imide groups is 1. The summed E-state index contributed by atoms with van der Waals surface area (Å²) < 4.78 is 0. The molecule has 16 heavy (non-hydrogen) atoms. The maximum Gasteiger partial charge on any atom is 0.274 e. The number of carbonyl (C=O) groups is 2. The lowest BCUT2D eigenvalue weighted by molar-refractivity contribution is -0.137. The molecule has 0 spiro atoms. The van der Waals surface area contributed by atoms with Gasteiger partial charge in [0.15, 0.2) is 0 Å². The lowest BCUT2D eigenvalue weighted by Gasteiger charge is -2.13. The Hall–Kier alpha value is -1.39. The summed E-state index contributed by atoms with van der Waals surface area (Å²) in [5, 5.41) is -0.453. The summed E-state index contributed by atoms with van der Waals surface area (Å²) in [7, 11) is 0. The van der Waals surface area contributed by atoms with Crippen LogP contribution in [0.4, 0.5) is 0 Å². The summed E-state index contributed by atoms with van der Waals surface area (Å²) >= 11 is 11.2. The smallest absolute Gasteiger partial charge is 0.268 e. The van der Waals surface area contributed by atoms with E-state index < -0.39 is 11.8 Å².